The van der Waals surface area contributed by atoms with Gasteiger partial charge in [-0.05, 0) is 56.1 Å². The first-order valence-electron chi connectivity index (χ1n) is 8.77. The third-order valence-corrected chi connectivity index (χ3v) is 4.78. The predicted octanol–water partition coefficient (Wildman–Crippen LogP) is 4.71. The molecule has 1 heterocycles. The topological polar surface area (TPSA) is 73.5 Å². The summed E-state index contributed by atoms with van der Waals surface area (Å²) in [5, 5.41) is 8.99. The first kappa shape index (κ1) is 19.6. The van der Waals surface area contributed by atoms with E-state index in [4.69, 9.17) is 0 Å². The summed E-state index contributed by atoms with van der Waals surface area (Å²) in [6, 6.07) is 20.0. The minimum absolute atomic E-state index is 0.205. The summed E-state index contributed by atoms with van der Waals surface area (Å²) in [6.45, 7) is 0.799. The van der Waals surface area contributed by atoms with Gasteiger partial charge in [0.15, 0.2) is 0 Å². The molecule has 144 valence electrons. The molecular formula is C21H22N4O2S. The van der Waals surface area contributed by atoms with Gasteiger partial charge in [-0.2, -0.15) is 0 Å². The lowest BCUT2D eigenvalue weighted by molar-refractivity contribution is 0.103. The zero-order valence-electron chi connectivity index (χ0n) is 15.7. The maximum absolute atomic E-state index is 12.5. The molecule has 0 atom stereocenters. The SMILES string of the molecule is CN(C)Cc1cccc(NC(=O)c2ccc(NC(=O)Nc3ccccc3)s2)c1. The van der Waals surface area contributed by atoms with E-state index >= 15 is 0 Å². The summed E-state index contributed by atoms with van der Waals surface area (Å²) in [5.41, 5.74) is 2.56. The van der Waals surface area contributed by atoms with Crippen LogP contribution in [0.15, 0.2) is 66.7 Å². The highest BCUT2D eigenvalue weighted by atomic mass is 32.1. The number of urea groups is 1. The Morgan fingerprint density at radius 1 is 0.857 bits per heavy atom. The van der Waals surface area contributed by atoms with Gasteiger partial charge in [-0.1, -0.05) is 30.3 Å². The molecule has 6 nitrogen and oxygen atoms in total. The average Bonchev–Trinajstić information content (AvgIpc) is 3.11. The maximum Gasteiger partial charge on any atom is 0.324 e. The zero-order chi connectivity index (χ0) is 19.9. The van der Waals surface area contributed by atoms with Crippen molar-refractivity contribution >= 4 is 39.7 Å². The maximum atomic E-state index is 12.5. The molecule has 3 aromatic rings. The van der Waals surface area contributed by atoms with E-state index in [2.05, 4.69) is 20.9 Å². The minimum Gasteiger partial charge on any atom is -0.321 e. The molecule has 0 aliphatic rings. The molecule has 0 bridgehead atoms. The number of hydrogen-bond acceptors (Lipinski definition) is 4. The Hall–Kier alpha value is -3.16. The van der Waals surface area contributed by atoms with Crippen molar-refractivity contribution in [2.24, 2.45) is 0 Å². The Bertz CT molecular complexity index is 954. The number of nitrogens with one attached hydrogen (secondary N) is 3. The van der Waals surface area contributed by atoms with Crippen molar-refractivity contribution in [2.75, 3.05) is 30.0 Å². The number of rotatable bonds is 6. The van der Waals surface area contributed by atoms with Gasteiger partial charge in [0.2, 0.25) is 0 Å². The van der Waals surface area contributed by atoms with Crippen LogP contribution < -0.4 is 16.0 Å². The van der Waals surface area contributed by atoms with Crippen molar-refractivity contribution in [3.63, 3.8) is 0 Å². The van der Waals surface area contributed by atoms with Crippen molar-refractivity contribution in [1.29, 1.82) is 0 Å². The van der Waals surface area contributed by atoms with Gasteiger partial charge >= 0.3 is 6.03 Å². The Balaban J connectivity index is 1.59. The van der Waals surface area contributed by atoms with Crippen LogP contribution in [0.4, 0.5) is 21.2 Å². The largest absolute Gasteiger partial charge is 0.324 e. The van der Waals surface area contributed by atoms with Crippen molar-refractivity contribution in [2.45, 2.75) is 6.54 Å². The van der Waals surface area contributed by atoms with Gasteiger partial charge in [0.05, 0.1) is 9.88 Å². The molecule has 28 heavy (non-hydrogen) atoms. The Kier molecular flexibility index (Phi) is 6.41. The molecule has 0 aliphatic carbocycles. The summed E-state index contributed by atoms with van der Waals surface area (Å²) in [7, 11) is 4.00. The fourth-order valence-corrected chi connectivity index (χ4v) is 3.42. The fourth-order valence-electron chi connectivity index (χ4n) is 2.63. The van der Waals surface area contributed by atoms with E-state index in [0.717, 1.165) is 17.8 Å². The van der Waals surface area contributed by atoms with Crippen molar-refractivity contribution in [3.05, 3.63) is 77.2 Å². The average molecular weight is 395 g/mol. The number of amides is 3. The van der Waals surface area contributed by atoms with Crippen LogP contribution in [-0.4, -0.2) is 30.9 Å². The van der Waals surface area contributed by atoms with Crippen LogP contribution in [0, 0.1) is 0 Å². The molecule has 7 heteroatoms. The van der Waals surface area contributed by atoms with Crippen molar-refractivity contribution < 1.29 is 9.59 Å². The summed E-state index contributed by atoms with van der Waals surface area (Å²) in [4.78, 5) is 27.1. The normalized spacial score (nSPS) is 10.5. The van der Waals surface area contributed by atoms with Crippen LogP contribution in [0.25, 0.3) is 0 Å². The van der Waals surface area contributed by atoms with Crippen molar-refractivity contribution in [1.82, 2.24) is 4.90 Å². The lowest BCUT2D eigenvalue weighted by Gasteiger charge is -2.11. The highest BCUT2D eigenvalue weighted by Crippen LogP contribution is 2.23. The number of carbonyl (C=O) groups excluding carboxylic acids is 2. The molecule has 0 saturated carbocycles. The highest BCUT2D eigenvalue weighted by Gasteiger charge is 2.12. The molecule has 0 fully saturated rings. The molecule has 1 aromatic heterocycles. The molecule has 2 aromatic carbocycles. The third-order valence-electron chi connectivity index (χ3n) is 3.78. The first-order chi connectivity index (χ1) is 13.5. The Labute approximate surface area is 168 Å². The number of carbonyl (C=O) groups is 2. The Morgan fingerprint density at radius 3 is 2.36 bits per heavy atom. The number of benzene rings is 2. The van der Waals surface area contributed by atoms with E-state index in [9.17, 15) is 9.59 Å². The van der Waals surface area contributed by atoms with Crippen LogP contribution in [0.5, 0.6) is 0 Å². The number of para-hydroxylation sites is 1. The van der Waals surface area contributed by atoms with Gasteiger partial charge in [-0.3, -0.25) is 10.1 Å². The Morgan fingerprint density at radius 2 is 1.61 bits per heavy atom. The van der Waals surface area contributed by atoms with Gasteiger partial charge < -0.3 is 15.5 Å². The first-order valence-corrected chi connectivity index (χ1v) is 9.59. The van der Waals surface area contributed by atoms with Gasteiger partial charge in [0.1, 0.15) is 0 Å². The highest BCUT2D eigenvalue weighted by molar-refractivity contribution is 7.18. The number of hydrogen-bond donors (Lipinski definition) is 3. The summed E-state index contributed by atoms with van der Waals surface area (Å²) in [5.74, 6) is -0.205. The van der Waals surface area contributed by atoms with E-state index in [0.29, 0.717) is 15.6 Å². The van der Waals surface area contributed by atoms with Gasteiger partial charge in [-0.15, -0.1) is 11.3 Å². The van der Waals surface area contributed by atoms with Crippen LogP contribution in [0.3, 0.4) is 0 Å². The van der Waals surface area contributed by atoms with E-state index in [-0.39, 0.29) is 11.9 Å². The molecule has 3 rings (SSSR count). The van der Waals surface area contributed by atoms with Crippen LogP contribution in [0.2, 0.25) is 0 Å². The third kappa shape index (κ3) is 5.67. The molecule has 0 saturated heterocycles. The molecule has 0 spiro atoms. The summed E-state index contributed by atoms with van der Waals surface area (Å²) in [6.07, 6.45) is 0. The standard InChI is InChI=1S/C21H22N4O2S/c1-25(2)14-15-7-6-10-17(13-15)22-20(26)18-11-12-19(28-18)24-21(27)23-16-8-4-3-5-9-16/h3-13H,14H2,1-2H3,(H,22,26)(H2,23,24,27). The molecule has 0 aliphatic heterocycles. The fraction of sp³-hybridized carbons (Fsp3) is 0.143. The monoisotopic (exact) mass is 394 g/mol. The zero-order valence-corrected chi connectivity index (χ0v) is 16.5. The quantitative estimate of drug-likeness (QED) is 0.567. The lowest BCUT2D eigenvalue weighted by atomic mass is 10.2. The minimum atomic E-state index is -0.351. The molecule has 3 amide bonds. The molecule has 3 N–H and O–H groups in total. The van der Waals surface area contributed by atoms with E-state index in [1.165, 1.54) is 11.3 Å². The van der Waals surface area contributed by atoms with E-state index in [1.54, 1.807) is 24.3 Å². The van der Waals surface area contributed by atoms with Crippen LogP contribution >= 0.6 is 11.3 Å². The number of thiophene rings is 1. The second-order valence-corrected chi connectivity index (χ2v) is 7.59. The second-order valence-electron chi connectivity index (χ2n) is 6.50. The second kappa shape index (κ2) is 9.16. The number of anilines is 3. The van der Waals surface area contributed by atoms with Gasteiger partial charge in [-0.25, -0.2) is 4.79 Å². The van der Waals surface area contributed by atoms with Crippen LogP contribution in [-0.2, 0) is 6.54 Å². The van der Waals surface area contributed by atoms with E-state index < -0.39 is 0 Å². The number of nitrogens with zero attached hydrogens (tertiary/aromatic N) is 1. The summed E-state index contributed by atoms with van der Waals surface area (Å²) >= 11 is 1.22. The van der Waals surface area contributed by atoms with Crippen molar-refractivity contribution in [3.8, 4) is 0 Å². The summed E-state index contributed by atoms with van der Waals surface area (Å²) < 4.78 is 0. The predicted molar refractivity (Wildman–Crippen MR) is 115 cm³/mol. The smallest absolute Gasteiger partial charge is 0.321 e. The van der Waals surface area contributed by atoms with E-state index in [1.807, 2.05) is 56.6 Å². The lowest BCUT2D eigenvalue weighted by Crippen LogP contribution is -2.18. The van der Waals surface area contributed by atoms with Gasteiger partial charge in [0.25, 0.3) is 5.91 Å². The molecule has 0 radical (unpaired) electrons. The van der Waals surface area contributed by atoms with Crippen LogP contribution in [0.1, 0.15) is 15.2 Å². The molecular weight excluding hydrogens is 372 g/mol. The van der Waals surface area contributed by atoms with Gasteiger partial charge in [0, 0.05) is 17.9 Å². The molecule has 0 unspecified atom stereocenters.